The fourth-order valence-electron chi connectivity index (χ4n) is 4.43. The van der Waals surface area contributed by atoms with Crippen molar-refractivity contribution < 1.29 is 78.4 Å². The van der Waals surface area contributed by atoms with E-state index < -0.39 is 36.4 Å². The standard InChI is InChI=1S/C21H29N3O2.3C2HF3O2/c1-17-3-4-20(26-17)12-24-15-21(16-24)11-19(7-10-23(21)2)14-25-13-18-5-8-22-9-6-18;3*3-2(4,5)1(6)7/h3-6,8-9,19H,7,10-16H2,1-2H3;3*(H,6,7). The van der Waals surface area contributed by atoms with E-state index in [2.05, 4.69) is 27.9 Å². The Kier molecular flexibility index (Phi) is 15.1. The number of carboxylic acids is 3. The summed E-state index contributed by atoms with van der Waals surface area (Å²) in [7, 11) is 2.28. The lowest BCUT2D eigenvalue weighted by molar-refractivity contribution is -0.193. The van der Waals surface area contributed by atoms with Crippen molar-refractivity contribution in [3.8, 4) is 0 Å². The van der Waals surface area contributed by atoms with Gasteiger partial charge in [-0.25, -0.2) is 14.4 Å². The average Bonchev–Trinajstić information content (AvgIpc) is 3.34. The van der Waals surface area contributed by atoms with Crippen LogP contribution < -0.4 is 0 Å². The number of nitrogens with zero attached hydrogens (tertiary/aromatic N) is 3. The van der Waals surface area contributed by atoms with E-state index in [-0.39, 0.29) is 0 Å². The van der Waals surface area contributed by atoms with Gasteiger partial charge in [-0.2, -0.15) is 39.5 Å². The van der Waals surface area contributed by atoms with Gasteiger partial charge in [-0.05, 0) is 69.1 Å². The molecule has 4 rings (SSSR count). The number of rotatable bonds is 6. The van der Waals surface area contributed by atoms with Gasteiger partial charge in [-0.1, -0.05) is 0 Å². The first-order chi connectivity index (χ1) is 21.5. The number of alkyl halides is 9. The molecule has 0 aromatic carbocycles. The fraction of sp³-hybridized carbons (Fsp3) is 0.556. The number of furan rings is 1. The van der Waals surface area contributed by atoms with Gasteiger partial charge in [0.15, 0.2) is 0 Å². The van der Waals surface area contributed by atoms with Crippen molar-refractivity contribution in [3.63, 3.8) is 0 Å². The van der Waals surface area contributed by atoms with Gasteiger partial charge in [0.25, 0.3) is 0 Å². The van der Waals surface area contributed by atoms with Gasteiger partial charge in [0.2, 0.25) is 0 Å². The largest absolute Gasteiger partial charge is 0.490 e. The van der Waals surface area contributed by atoms with Crippen molar-refractivity contribution in [2.24, 2.45) is 5.92 Å². The molecule has 0 saturated carbocycles. The minimum absolute atomic E-state index is 0.324. The van der Waals surface area contributed by atoms with E-state index in [9.17, 15) is 39.5 Å². The summed E-state index contributed by atoms with van der Waals surface area (Å²) in [6.45, 7) is 7.89. The maximum absolute atomic E-state index is 10.6. The lowest BCUT2D eigenvalue weighted by Crippen LogP contribution is -2.71. The molecule has 2 aliphatic heterocycles. The summed E-state index contributed by atoms with van der Waals surface area (Å²) < 4.78 is 107. The monoisotopic (exact) mass is 697 g/mol. The predicted octanol–water partition coefficient (Wildman–Crippen LogP) is 5.00. The topological polar surface area (TPSA) is 154 Å². The number of hydrogen-bond acceptors (Lipinski definition) is 8. The molecule has 1 spiro atoms. The number of aliphatic carboxylic acids is 3. The van der Waals surface area contributed by atoms with Crippen LogP contribution in [-0.4, -0.2) is 105 Å². The Labute approximate surface area is 261 Å². The Hall–Kier alpha value is -3.91. The van der Waals surface area contributed by atoms with Crippen LogP contribution in [0, 0.1) is 12.8 Å². The number of carbonyl (C=O) groups is 3. The minimum atomic E-state index is -5.08. The summed E-state index contributed by atoms with van der Waals surface area (Å²) in [4.78, 5) is 35.8. The van der Waals surface area contributed by atoms with Crippen molar-refractivity contribution in [1.29, 1.82) is 0 Å². The van der Waals surface area contributed by atoms with Gasteiger partial charge < -0.3 is 24.5 Å². The van der Waals surface area contributed by atoms with Crippen LogP contribution in [0.2, 0.25) is 0 Å². The Balaban J connectivity index is 0.000000430. The number of likely N-dealkylation sites (tertiary alicyclic amines) is 2. The van der Waals surface area contributed by atoms with E-state index in [0.29, 0.717) is 18.1 Å². The molecule has 11 nitrogen and oxygen atoms in total. The van der Waals surface area contributed by atoms with E-state index in [4.69, 9.17) is 38.9 Å². The molecule has 1 atom stereocenters. The zero-order valence-corrected chi connectivity index (χ0v) is 24.8. The van der Waals surface area contributed by atoms with Gasteiger partial charge in [0.05, 0.1) is 13.2 Å². The molecule has 2 fully saturated rings. The summed E-state index contributed by atoms with van der Waals surface area (Å²) >= 11 is 0. The third kappa shape index (κ3) is 15.0. The number of piperidine rings is 1. The number of hydrogen-bond donors (Lipinski definition) is 3. The normalized spacial score (nSPS) is 17.9. The van der Waals surface area contributed by atoms with Crippen molar-refractivity contribution in [2.45, 2.75) is 57.0 Å². The molecular weight excluding hydrogens is 665 g/mol. The Bertz CT molecular complexity index is 1220. The Morgan fingerprint density at radius 3 is 1.77 bits per heavy atom. The first-order valence-corrected chi connectivity index (χ1v) is 13.3. The van der Waals surface area contributed by atoms with Gasteiger partial charge in [-0.15, -0.1) is 0 Å². The van der Waals surface area contributed by atoms with E-state index >= 15 is 0 Å². The Morgan fingerprint density at radius 2 is 1.36 bits per heavy atom. The molecule has 1 unspecified atom stereocenters. The lowest BCUT2D eigenvalue weighted by Gasteiger charge is -2.58. The summed E-state index contributed by atoms with van der Waals surface area (Å²) in [6.07, 6.45) is -9.14. The molecule has 266 valence electrons. The van der Waals surface area contributed by atoms with Crippen molar-refractivity contribution in [1.82, 2.24) is 14.8 Å². The predicted molar refractivity (Wildman–Crippen MR) is 142 cm³/mol. The second-order valence-corrected chi connectivity index (χ2v) is 10.4. The number of ether oxygens (including phenoxy) is 1. The molecule has 2 aromatic heterocycles. The molecule has 2 aromatic rings. The average molecular weight is 698 g/mol. The van der Waals surface area contributed by atoms with Crippen LogP contribution in [0.1, 0.15) is 29.9 Å². The first kappa shape index (κ1) is 41.1. The summed E-state index contributed by atoms with van der Waals surface area (Å²) in [5, 5.41) is 21.4. The van der Waals surface area contributed by atoms with E-state index in [0.717, 1.165) is 44.3 Å². The molecule has 47 heavy (non-hydrogen) atoms. The number of aromatic nitrogens is 1. The molecule has 2 saturated heterocycles. The number of halogens is 9. The lowest BCUT2D eigenvalue weighted by atomic mass is 9.75. The van der Waals surface area contributed by atoms with Crippen LogP contribution in [0.4, 0.5) is 39.5 Å². The number of carboxylic acid groups (broad SMARTS) is 3. The highest BCUT2D eigenvalue weighted by Crippen LogP contribution is 2.39. The SMILES string of the molecule is Cc1ccc(CN2CC3(CC(COCc4ccncc4)CCN3C)C2)o1.O=C(O)C(F)(F)F.O=C(O)C(F)(F)F.O=C(O)C(F)(F)F. The Morgan fingerprint density at radius 1 is 0.894 bits per heavy atom. The van der Waals surface area contributed by atoms with Gasteiger partial charge in [-0.3, -0.25) is 14.8 Å². The summed E-state index contributed by atoms with van der Waals surface area (Å²) in [5.74, 6) is -5.54. The van der Waals surface area contributed by atoms with Crippen LogP contribution in [0.25, 0.3) is 0 Å². The summed E-state index contributed by atoms with van der Waals surface area (Å²) in [6, 6.07) is 8.20. The van der Waals surface area contributed by atoms with Gasteiger partial charge >= 0.3 is 36.4 Å². The quantitative estimate of drug-likeness (QED) is 0.350. The van der Waals surface area contributed by atoms with E-state index in [1.807, 2.05) is 37.5 Å². The third-order valence-corrected chi connectivity index (χ3v) is 6.66. The number of likely N-dealkylation sites (N-methyl/N-ethyl adjacent to an activating group) is 1. The smallest absolute Gasteiger partial charge is 0.475 e. The molecular formula is C27H32F9N3O8. The van der Waals surface area contributed by atoms with Gasteiger partial charge in [0, 0.05) is 37.6 Å². The molecule has 20 heteroatoms. The van der Waals surface area contributed by atoms with Crippen LogP contribution in [-0.2, 0) is 32.3 Å². The molecule has 4 heterocycles. The molecule has 3 N–H and O–H groups in total. The second-order valence-electron chi connectivity index (χ2n) is 10.4. The number of pyridine rings is 1. The van der Waals surface area contributed by atoms with Crippen molar-refractivity contribution in [2.75, 3.05) is 33.3 Å². The van der Waals surface area contributed by atoms with Gasteiger partial charge in [0.1, 0.15) is 11.5 Å². The highest BCUT2D eigenvalue weighted by atomic mass is 19.4. The zero-order chi connectivity index (χ0) is 36.2. The zero-order valence-electron chi connectivity index (χ0n) is 24.8. The van der Waals surface area contributed by atoms with E-state index in [1.165, 1.54) is 18.4 Å². The number of aryl methyl sites for hydroxylation is 1. The summed E-state index contributed by atoms with van der Waals surface area (Å²) in [5.41, 5.74) is 1.52. The molecule has 0 bridgehead atoms. The molecule has 0 radical (unpaired) electrons. The molecule has 0 amide bonds. The second kappa shape index (κ2) is 17.3. The minimum Gasteiger partial charge on any atom is -0.475 e. The first-order valence-electron chi connectivity index (χ1n) is 13.3. The maximum Gasteiger partial charge on any atom is 0.490 e. The van der Waals surface area contributed by atoms with Crippen molar-refractivity contribution >= 4 is 17.9 Å². The maximum atomic E-state index is 10.6. The molecule has 2 aliphatic rings. The fourth-order valence-corrected chi connectivity index (χ4v) is 4.43. The third-order valence-electron chi connectivity index (χ3n) is 6.66. The van der Waals surface area contributed by atoms with Crippen molar-refractivity contribution in [3.05, 3.63) is 53.7 Å². The molecule has 0 aliphatic carbocycles. The highest BCUT2D eigenvalue weighted by Gasteiger charge is 2.49. The van der Waals surface area contributed by atoms with Crippen LogP contribution in [0.5, 0.6) is 0 Å². The highest BCUT2D eigenvalue weighted by molar-refractivity contribution is 5.73. The van der Waals surface area contributed by atoms with Crippen LogP contribution >= 0.6 is 0 Å². The van der Waals surface area contributed by atoms with Crippen LogP contribution in [0.15, 0.2) is 41.1 Å². The van der Waals surface area contributed by atoms with E-state index in [1.54, 1.807) is 0 Å². The van der Waals surface area contributed by atoms with Crippen LogP contribution in [0.3, 0.4) is 0 Å².